The molecule has 9 heteroatoms. The topological polar surface area (TPSA) is 75.6 Å². The van der Waals surface area contributed by atoms with Gasteiger partial charge < -0.3 is 15.2 Å². The maximum atomic E-state index is 12.8. The Balaban J connectivity index is 2.43. The van der Waals surface area contributed by atoms with Crippen LogP contribution in [0.3, 0.4) is 0 Å². The lowest BCUT2D eigenvalue weighted by Crippen LogP contribution is -2.26. The van der Waals surface area contributed by atoms with E-state index in [1.165, 1.54) is 37.4 Å². The maximum absolute atomic E-state index is 12.8. The summed E-state index contributed by atoms with van der Waals surface area (Å²) in [5.74, 6) is -2.98. The van der Waals surface area contributed by atoms with Crippen LogP contribution >= 0.6 is 11.6 Å². The highest BCUT2D eigenvalue weighted by molar-refractivity contribution is 6.31. The highest BCUT2D eigenvalue weighted by Crippen LogP contribution is 2.31. The van der Waals surface area contributed by atoms with Gasteiger partial charge in [-0.1, -0.05) is 23.7 Å². The third-order valence-electron chi connectivity index (χ3n) is 3.48. The number of Topliss-reactive ketones (excluding diaryl/α,β-unsaturated/α-hetero) is 1. The first-order chi connectivity index (χ1) is 12.1. The van der Waals surface area contributed by atoms with Gasteiger partial charge in [0, 0.05) is 10.7 Å². The summed E-state index contributed by atoms with van der Waals surface area (Å²) >= 11 is 5.68. The molecule has 138 valence electrons. The molecular formula is C17H13ClF3NO4. The molecule has 0 aliphatic carbocycles. The van der Waals surface area contributed by atoms with E-state index >= 15 is 0 Å². The molecule has 2 rings (SSSR count). The summed E-state index contributed by atoms with van der Waals surface area (Å²) in [7, 11) is 1.44. The summed E-state index contributed by atoms with van der Waals surface area (Å²) in [6.07, 6.45) is -5.13. The van der Waals surface area contributed by atoms with Crippen LogP contribution in [0.15, 0.2) is 42.5 Å². The second-order valence-electron chi connectivity index (χ2n) is 5.21. The van der Waals surface area contributed by atoms with Crippen LogP contribution < -0.4 is 10.1 Å². The fraction of sp³-hybridized carbons (Fsp3) is 0.176. The molecule has 0 amide bonds. The van der Waals surface area contributed by atoms with Gasteiger partial charge in [0.05, 0.1) is 12.7 Å². The number of benzene rings is 2. The molecule has 0 aliphatic heterocycles. The van der Waals surface area contributed by atoms with Gasteiger partial charge in [0.1, 0.15) is 5.75 Å². The molecule has 0 heterocycles. The minimum absolute atomic E-state index is 0.0838. The molecule has 0 saturated carbocycles. The van der Waals surface area contributed by atoms with Crippen molar-refractivity contribution >= 4 is 29.0 Å². The molecule has 0 fully saturated rings. The Hall–Kier alpha value is -2.74. The molecule has 0 bridgehead atoms. The van der Waals surface area contributed by atoms with Gasteiger partial charge in [-0.2, -0.15) is 13.2 Å². The normalized spacial score (nSPS) is 12.3. The average Bonchev–Trinajstić information content (AvgIpc) is 2.59. The second-order valence-corrected chi connectivity index (χ2v) is 5.64. The van der Waals surface area contributed by atoms with E-state index in [0.717, 1.165) is 12.1 Å². The lowest BCUT2D eigenvalue weighted by molar-refractivity contribution is -0.138. The number of aliphatic carboxylic acids is 1. The molecule has 2 aromatic rings. The van der Waals surface area contributed by atoms with Gasteiger partial charge in [0.2, 0.25) is 0 Å². The molecule has 1 unspecified atom stereocenters. The summed E-state index contributed by atoms with van der Waals surface area (Å²) in [5, 5.41) is 11.8. The maximum Gasteiger partial charge on any atom is 0.454 e. The zero-order chi connectivity index (χ0) is 19.5. The third kappa shape index (κ3) is 4.45. The van der Waals surface area contributed by atoms with Crippen LogP contribution in [0.1, 0.15) is 22.0 Å². The van der Waals surface area contributed by atoms with Gasteiger partial charge >= 0.3 is 12.1 Å². The average molecular weight is 388 g/mol. The first-order valence-electron chi connectivity index (χ1n) is 7.18. The summed E-state index contributed by atoms with van der Waals surface area (Å²) in [6.45, 7) is 0. The number of rotatable bonds is 6. The van der Waals surface area contributed by atoms with E-state index < -0.39 is 29.5 Å². The van der Waals surface area contributed by atoms with Crippen molar-refractivity contribution in [3.63, 3.8) is 0 Å². The van der Waals surface area contributed by atoms with E-state index in [2.05, 4.69) is 5.32 Å². The number of ketones is 1. The number of carbonyl (C=O) groups excluding carboxylic acids is 1. The van der Waals surface area contributed by atoms with E-state index in [1.54, 1.807) is 0 Å². The number of alkyl halides is 3. The Morgan fingerprint density at radius 3 is 2.27 bits per heavy atom. The highest BCUT2D eigenvalue weighted by Gasteiger charge is 2.41. The van der Waals surface area contributed by atoms with E-state index in [9.17, 15) is 27.9 Å². The molecular weight excluding hydrogens is 375 g/mol. The van der Waals surface area contributed by atoms with Crippen LogP contribution in [0.2, 0.25) is 5.02 Å². The number of methoxy groups -OCH3 is 1. The van der Waals surface area contributed by atoms with Gasteiger partial charge in [-0.05, 0) is 35.9 Å². The summed E-state index contributed by atoms with van der Waals surface area (Å²) in [4.78, 5) is 23.2. The number of hydrogen-bond donors (Lipinski definition) is 2. The van der Waals surface area contributed by atoms with Gasteiger partial charge in [0.15, 0.2) is 6.04 Å². The van der Waals surface area contributed by atoms with Crippen molar-refractivity contribution in [3.8, 4) is 5.75 Å². The van der Waals surface area contributed by atoms with Gasteiger partial charge in [-0.15, -0.1) is 0 Å². The molecule has 26 heavy (non-hydrogen) atoms. The standard InChI is InChI=1S/C17H13ClF3NO4/c1-26-11-5-2-9(3-6-11)14(16(24)25)22-13-7-4-10(18)8-12(13)15(23)17(19,20)21/h2-8,14,22H,1H3,(H,24,25). The lowest BCUT2D eigenvalue weighted by atomic mass is 10.0. The quantitative estimate of drug-likeness (QED) is 0.721. The van der Waals surface area contributed by atoms with E-state index in [-0.39, 0.29) is 16.3 Å². The SMILES string of the molecule is COc1ccc(C(Nc2ccc(Cl)cc2C(=O)C(F)(F)F)C(=O)O)cc1. The van der Waals surface area contributed by atoms with Crippen molar-refractivity contribution in [1.29, 1.82) is 0 Å². The fourth-order valence-electron chi connectivity index (χ4n) is 2.22. The molecule has 0 spiro atoms. The molecule has 0 aliphatic rings. The predicted octanol–water partition coefficient (Wildman–Crippen LogP) is 4.33. The van der Waals surface area contributed by atoms with Crippen LogP contribution in [0, 0.1) is 0 Å². The molecule has 0 radical (unpaired) electrons. The van der Waals surface area contributed by atoms with Crippen molar-refractivity contribution in [2.75, 3.05) is 12.4 Å². The summed E-state index contributed by atoms with van der Waals surface area (Å²) in [6, 6.07) is 7.75. The van der Waals surface area contributed by atoms with Gasteiger partial charge in [-0.3, -0.25) is 4.79 Å². The number of ether oxygens (including phenoxy) is 1. The van der Waals surface area contributed by atoms with E-state index in [0.29, 0.717) is 5.75 Å². The van der Waals surface area contributed by atoms with Crippen LogP contribution in [0.25, 0.3) is 0 Å². The van der Waals surface area contributed by atoms with Gasteiger partial charge in [0.25, 0.3) is 5.78 Å². The van der Waals surface area contributed by atoms with Crippen LogP contribution in [0.5, 0.6) is 5.75 Å². The smallest absolute Gasteiger partial charge is 0.454 e. The fourth-order valence-corrected chi connectivity index (χ4v) is 2.39. The van der Waals surface area contributed by atoms with E-state index in [1.807, 2.05) is 0 Å². The second kappa shape index (κ2) is 7.65. The van der Waals surface area contributed by atoms with Crippen molar-refractivity contribution in [2.45, 2.75) is 12.2 Å². The number of carboxylic acid groups (broad SMARTS) is 1. The molecule has 2 aromatic carbocycles. The zero-order valence-electron chi connectivity index (χ0n) is 13.3. The predicted molar refractivity (Wildman–Crippen MR) is 88.8 cm³/mol. The summed E-state index contributed by atoms with van der Waals surface area (Å²) < 4.78 is 43.4. The Morgan fingerprint density at radius 2 is 1.77 bits per heavy atom. The number of carbonyl (C=O) groups is 2. The number of carboxylic acids is 1. The Morgan fingerprint density at radius 1 is 1.15 bits per heavy atom. The number of halogens is 4. The highest BCUT2D eigenvalue weighted by atomic mass is 35.5. The number of hydrogen-bond acceptors (Lipinski definition) is 4. The minimum atomic E-state index is -5.13. The molecule has 0 aromatic heterocycles. The van der Waals surface area contributed by atoms with Crippen molar-refractivity contribution in [3.05, 3.63) is 58.6 Å². The zero-order valence-corrected chi connectivity index (χ0v) is 14.1. The Labute approximate surface area is 151 Å². The first kappa shape index (κ1) is 19.6. The molecule has 5 nitrogen and oxygen atoms in total. The summed E-state index contributed by atoms with van der Waals surface area (Å²) in [5.41, 5.74) is -0.789. The molecule has 2 N–H and O–H groups in total. The molecule has 0 saturated heterocycles. The molecule has 1 atom stereocenters. The van der Waals surface area contributed by atoms with Crippen molar-refractivity contribution in [2.24, 2.45) is 0 Å². The largest absolute Gasteiger partial charge is 0.497 e. The third-order valence-corrected chi connectivity index (χ3v) is 3.71. The van der Waals surface area contributed by atoms with Crippen LogP contribution in [-0.4, -0.2) is 30.1 Å². The first-order valence-corrected chi connectivity index (χ1v) is 7.55. The number of anilines is 1. The van der Waals surface area contributed by atoms with Crippen LogP contribution in [-0.2, 0) is 4.79 Å². The van der Waals surface area contributed by atoms with Crippen LogP contribution in [0.4, 0.5) is 18.9 Å². The van der Waals surface area contributed by atoms with E-state index in [4.69, 9.17) is 16.3 Å². The minimum Gasteiger partial charge on any atom is -0.497 e. The van der Waals surface area contributed by atoms with Crippen molar-refractivity contribution in [1.82, 2.24) is 0 Å². The lowest BCUT2D eigenvalue weighted by Gasteiger charge is -2.19. The van der Waals surface area contributed by atoms with Crippen molar-refractivity contribution < 1.29 is 32.6 Å². The number of nitrogens with one attached hydrogen (secondary N) is 1. The monoisotopic (exact) mass is 387 g/mol. The Bertz CT molecular complexity index is 822. The Kier molecular flexibility index (Phi) is 5.76. The van der Waals surface area contributed by atoms with Gasteiger partial charge in [-0.25, -0.2) is 4.79 Å².